The summed E-state index contributed by atoms with van der Waals surface area (Å²) < 4.78 is 13.6. The molecule has 7 heteroatoms. The van der Waals surface area contributed by atoms with Crippen LogP contribution >= 0.6 is 23.2 Å². The number of nitrogens with zero attached hydrogens (tertiary/aromatic N) is 3. The molecule has 0 saturated carbocycles. The lowest BCUT2D eigenvalue weighted by Gasteiger charge is -2.35. The zero-order valence-electron chi connectivity index (χ0n) is 12.9. The number of rotatable bonds is 3. The van der Waals surface area contributed by atoms with Crippen molar-refractivity contribution in [3.63, 3.8) is 0 Å². The van der Waals surface area contributed by atoms with Crippen LogP contribution in [0.5, 0.6) is 0 Å². The summed E-state index contributed by atoms with van der Waals surface area (Å²) in [5.74, 6) is -0.903. The summed E-state index contributed by atoms with van der Waals surface area (Å²) in [6.45, 7) is 3.47. The average molecular weight is 368 g/mol. The molecular formula is C17H16Cl2FN3O. The molecule has 0 N–H and O–H groups in total. The van der Waals surface area contributed by atoms with E-state index in [1.54, 1.807) is 17.3 Å². The second kappa shape index (κ2) is 7.47. The Bertz CT molecular complexity index is 734. The second-order valence-electron chi connectivity index (χ2n) is 5.67. The van der Waals surface area contributed by atoms with E-state index in [1.165, 1.54) is 11.6 Å². The van der Waals surface area contributed by atoms with E-state index in [4.69, 9.17) is 23.2 Å². The monoisotopic (exact) mass is 367 g/mol. The maximum absolute atomic E-state index is 13.6. The third-order valence-electron chi connectivity index (χ3n) is 4.06. The van der Waals surface area contributed by atoms with Gasteiger partial charge in [-0.1, -0.05) is 23.2 Å². The largest absolute Gasteiger partial charge is 0.336 e. The first-order valence-corrected chi connectivity index (χ1v) is 8.35. The van der Waals surface area contributed by atoms with Crippen LogP contribution in [0.25, 0.3) is 0 Å². The molecule has 1 aromatic carbocycles. The topological polar surface area (TPSA) is 36.4 Å². The fourth-order valence-corrected chi connectivity index (χ4v) is 3.18. The van der Waals surface area contributed by atoms with Crippen molar-refractivity contribution in [2.75, 3.05) is 26.2 Å². The molecule has 0 aliphatic carbocycles. The quantitative estimate of drug-likeness (QED) is 0.779. The van der Waals surface area contributed by atoms with Gasteiger partial charge in [-0.2, -0.15) is 0 Å². The number of carbonyl (C=O) groups is 1. The highest BCUT2D eigenvalue weighted by molar-refractivity contribution is 6.36. The molecule has 1 saturated heterocycles. The number of carbonyl (C=O) groups excluding carboxylic acids is 1. The highest BCUT2D eigenvalue weighted by Crippen LogP contribution is 2.25. The van der Waals surface area contributed by atoms with Crippen molar-refractivity contribution in [1.82, 2.24) is 14.8 Å². The average Bonchev–Trinajstić information content (AvgIpc) is 2.59. The Morgan fingerprint density at radius 2 is 1.75 bits per heavy atom. The molecule has 0 unspecified atom stereocenters. The number of hydrogen-bond acceptors (Lipinski definition) is 3. The van der Waals surface area contributed by atoms with Gasteiger partial charge in [0.25, 0.3) is 5.91 Å². The first kappa shape index (κ1) is 17.1. The minimum atomic E-state index is -0.638. The Kier molecular flexibility index (Phi) is 5.33. The number of pyridine rings is 1. The number of piperazine rings is 1. The van der Waals surface area contributed by atoms with Gasteiger partial charge in [-0.25, -0.2) is 4.39 Å². The van der Waals surface area contributed by atoms with Crippen LogP contribution in [0.3, 0.4) is 0 Å². The number of hydrogen-bond donors (Lipinski definition) is 0. The molecule has 0 spiro atoms. The Morgan fingerprint density at radius 1 is 1.08 bits per heavy atom. The van der Waals surface area contributed by atoms with E-state index in [-0.39, 0.29) is 21.5 Å². The zero-order chi connectivity index (χ0) is 17.1. The van der Waals surface area contributed by atoms with Gasteiger partial charge in [0.1, 0.15) is 5.82 Å². The molecule has 4 nitrogen and oxygen atoms in total. The van der Waals surface area contributed by atoms with Gasteiger partial charge in [-0.3, -0.25) is 14.7 Å². The molecule has 2 aromatic rings. The van der Waals surface area contributed by atoms with Gasteiger partial charge in [-0.15, -0.1) is 0 Å². The van der Waals surface area contributed by atoms with Crippen molar-refractivity contribution >= 4 is 29.1 Å². The van der Waals surface area contributed by atoms with Crippen molar-refractivity contribution < 1.29 is 9.18 Å². The molecule has 1 fully saturated rings. The van der Waals surface area contributed by atoms with E-state index in [1.807, 2.05) is 12.1 Å². The highest BCUT2D eigenvalue weighted by atomic mass is 35.5. The predicted molar refractivity (Wildman–Crippen MR) is 91.8 cm³/mol. The number of aromatic nitrogens is 1. The standard InChI is InChI=1S/C17H16Cl2FN3O/c18-14-10-15(19)16(20)9-13(14)17(24)23-7-5-22(6-8-23)11-12-1-3-21-4-2-12/h1-4,9-10H,5-8,11H2. The summed E-state index contributed by atoms with van der Waals surface area (Å²) in [7, 11) is 0. The minimum absolute atomic E-state index is 0.0845. The minimum Gasteiger partial charge on any atom is -0.336 e. The van der Waals surface area contributed by atoms with Crippen LogP contribution in [0.2, 0.25) is 10.0 Å². The van der Waals surface area contributed by atoms with Crippen LogP contribution in [-0.4, -0.2) is 46.9 Å². The van der Waals surface area contributed by atoms with Gasteiger partial charge in [0.05, 0.1) is 15.6 Å². The molecule has 126 valence electrons. The molecule has 24 heavy (non-hydrogen) atoms. The molecule has 1 aliphatic rings. The predicted octanol–water partition coefficient (Wildman–Crippen LogP) is 3.49. The van der Waals surface area contributed by atoms with Crippen molar-refractivity contribution in [2.45, 2.75) is 6.54 Å². The third-order valence-corrected chi connectivity index (χ3v) is 4.66. The zero-order valence-corrected chi connectivity index (χ0v) is 14.4. The van der Waals surface area contributed by atoms with Crippen LogP contribution in [0.15, 0.2) is 36.7 Å². The molecule has 0 bridgehead atoms. The Labute approximate surface area is 149 Å². The second-order valence-corrected chi connectivity index (χ2v) is 6.48. The molecular weight excluding hydrogens is 352 g/mol. The van der Waals surface area contributed by atoms with E-state index >= 15 is 0 Å². The van der Waals surface area contributed by atoms with E-state index in [2.05, 4.69) is 9.88 Å². The van der Waals surface area contributed by atoms with Crippen molar-refractivity contribution in [3.8, 4) is 0 Å². The summed E-state index contributed by atoms with van der Waals surface area (Å²) in [4.78, 5) is 20.5. The van der Waals surface area contributed by atoms with Crippen molar-refractivity contribution in [1.29, 1.82) is 0 Å². The highest BCUT2D eigenvalue weighted by Gasteiger charge is 2.24. The Hall–Kier alpha value is -1.69. The molecule has 0 radical (unpaired) electrons. The first-order valence-electron chi connectivity index (χ1n) is 7.59. The lowest BCUT2D eigenvalue weighted by Crippen LogP contribution is -2.48. The lowest BCUT2D eigenvalue weighted by atomic mass is 10.1. The van der Waals surface area contributed by atoms with E-state index in [0.717, 1.165) is 25.7 Å². The van der Waals surface area contributed by atoms with Crippen LogP contribution in [0.1, 0.15) is 15.9 Å². The summed E-state index contributed by atoms with van der Waals surface area (Å²) in [5.41, 5.74) is 1.34. The SMILES string of the molecule is O=C(c1cc(F)c(Cl)cc1Cl)N1CCN(Cc2ccncc2)CC1. The van der Waals surface area contributed by atoms with E-state index in [9.17, 15) is 9.18 Å². The van der Waals surface area contributed by atoms with Crippen LogP contribution < -0.4 is 0 Å². The van der Waals surface area contributed by atoms with E-state index in [0.29, 0.717) is 13.1 Å². The summed E-state index contributed by atoms with van der Waals surface area (Å²) in [6.07, 6.45) is 3.54. The Morgan fingerprint density at radius 3 is 2.42 bits per heavy atom. The fraction of sp³-hybridized carbons (Fsp3) is 0.294. The molecule has 1 aromatic heterocycles. The van der Waals surface area contributed by atoms with Gasteiger partial charge in [0, 0.05) is 45.1 Å². The van der Waals surface area contributed by atoms with Crippen molar-refractivity contribution in [3.05, 3.63) is 63.6 Å². The van der Waals surface area contributed by atoms with Crippen LogP contribution in [-0.2, 0) is 6.54 Å². The Balaban J connectivity index is 1.62. The molecule has 2 heterocycles. The first-order chi connectivity index (χ1) is 11.5. The van der Waals surface area contributed by atoms with Crippen molar-refractivity contribution in [2.24, 2.45) is 0 Å². The maximum Gasteiger partial charge on any atom is 0.255 e. The smallest absolute Gasteiger partial charge is 0.255 e. The number of benzene rings is 1. The maximum atomic E-state index is 13.6. The summed E-state index contributed by atoms with van der Waals surface area (Å²) in [6, 6.07) is 6.34. The van der Waals surface area contributed by atoms with Crippen LogP contribution in [0, 0.1) is 5.82 Å². The third kappa shape index (κ3) is 3.86. The van der Waals surface area contributed by atoms with Crippen LogP contribution in [0.4, 0.5) is 4.39 Å². The van der Waals surface area contributed by atoms with Gasteiger partial charge in [0.15, 0.2) is 0 Å². The lowest BCUT2D eigenvalue weighted by molar-refractivity contribution is 0.0628. The number of halogens is 3. The van der Waals surface area contributed by atoms with Gasteiger partial charge < -0.3 is 4.90 Å². The summed E-state index contributed by atoms with van der Waals surface area (Å²) in [5, 5.41) is 0.0873. The van der Waals surface area contributed by atoms with E-state index < -0.39 is 5.82 Å². The molecule has 0 atom stereocenters. The van der Waals surface area contributed by atoms with Gasteiger partial charge in [-0.05, 0) is 29.8 Å². The number of amides is 1. The fourth-order valence-electron chi connectivity index (χ4n) is 2.71. The van der Waals surface area contributed by atoms with Gasteiger partial charge >= 0.3 is 0 Å². The summed E-state index contributed by atoms with van der Waals surface area (Å²) >= 11 is 11.7. The molecule has 1 aliphatic heterocycles. The molecule has 3 rings (SSSR count). The normalized spacial score (nSPS) is 15.5. The molecule has 1 amide bonds. The van der Waals surface area contributed by atoms with Gasteiger partial charge in [0.2, 0.25) is 0 Å².